The molecule has 2 aromatic rings. The van der Waals surface area contributed by atoms with E-state index in [-0.39, 0.29) is 39.6 Å². The first-order valence-corrected chi connectivity index (χ1v) is 11.1. The van der Waals surface area contributed by atoms with Gasteiger partial charge in [-0.25, -0.2) is 21.8 Å². The zero-order valence-electron chi connectivity index (χ0n) is 15.1. The number of hydrogen-bond donors (Lipinski definition) is 6. The smallest absolute Gasteiger partial charge is 0.261 e. The molecule has 12 nitrogen and oxygen atoms in total. The van der Waals surface area contributed by atoms with Crippen LogP contribution in [0.3, 0.4) is 0 Å². The number of nitrogens with two attached hydrogens (primary N) is 3. The lowest BCUT2D eigenvalue weighted by atomic mass is 10.3. The van der Waals surface area contributed by atoms with E-state index < -0.39 is 20.0 Å². The Morgan fingerprint density at radius 1 is 0.966 bits per heavy atom. The highest BCUT2D eigenvalue weighted by molar-refractivity contribution is 7.92. The second-order valence-corrected chi connectivity index (χ2v) is 9.15. The summed E-state index contributed by atoms with van der Waals surface area (Å²) in [4.78, 5) is 7.00. The Morgan fingerprint density at radius 3 is 2.17 bits per heavy atom. The number of benzene rings is 2. The van der Waals surface area contributed by atoms with Gasteiger partial charge in [0.2, 0.25) is 16.0 Å². The van der Waals surface area contributed by atoms with E-state index in [1.165, 1.54) is 24.3 Å². The third-order valence-electron chi connectivity index (χ3n) is 3.15. The number of hydrogen-bond acceptors (Lipinski definition) is 6. The maximum Gasteiger partial charge on any atom is 0.261 e. The molecule has 0 aliphatic rings. The molecule has 0 radical (unpaired) electrons. The first-order chi connectivity index (χ1) is 13.4. The Hall–Kier alpha value is -3.52. The van der Waals surface area contributed by atoms with Gasteiger partial charge in [0.05, 0.1) is 22.5 Å². The summed E-state index contributed by atoms with van der Waals surface area (Å²) in [6.45, 7) is 0. The lowest BCUT2D eigenvalue weighted by Gasteiger charge is -2.11. The van der Waals surface area contributed by atoms with Crippen molar-refractivity contribution in [1.82, 2.24) is 0 Å². The van der Waals surface area contributed by atoms with Crippen LogP contribution in [0.4, 0.5) is 17.1 Å². The number of phenolic OH excluding ortho intramolecular Hbond substituents is 1. The fourth-order valence-corrected chi connectivity index (χ4v) is 3.74. The molecule has 9 N–H and O–H groups in total. The number of anilines is 2. The maximum absolute atomic E-state index is 12.6. The van der Waals surface area contributed by atoms with Gasteiger partial charge >= 0.3 is 0 Å². The molecule has 156 valence electrons. The number of phenols is 1. The summed E-state index contributed by atoms with van der Waals surface area (Å²) in [6.07, 6.45) is 0.969. The van der Waals surface area contributed by atoms with Crippen molar-refractivity contribution in [3.63, 3.8) is 0 Å². The molecule has 0 spiro atoms. The van der Waals surface area contributed by atoms with Crippen molar-refractivity contribution in [1.29, 1.82) is 0 Å². The lowest BCUT2D eigenvalue weighted by Crippen LogP contribution is -2.26. The van der Waals surface area contributed by atoms with Crippen LogP contribution in [0.2, 0.25) is 0 Å². The van der Waals surface area contributed by atoms with Crippen LogP contribution in [0.1, 0.15) is 0 Å². The number of aliphatic imine (C=N–C) groups is 2. The van der Waals surface area contributed by atoms with Crippen molar-refractivity contribution in [2.75, 3.05) is 15.7 Å². The zero-order valence-corrected chi connectivity index (χ0v) is 16.7. The minimum absolute atomic E-state index is 0.108. The van der Waals surface area contributed by atoms with E-state index in [9.17, 15) is 21.9 Å². The fraction of sp³-hybridized carbons (Fsp3) is 0.0667. The van der Waals surface area contributed by atoms with E-state index in [0.29, 0.717) is 0 Å². The van der Waals surface area contributed by atoms with Gasteiger partial charge in [0.1, 0.15) is 11.4 Å². The van der Waals surface area contributed by atoms with Crippen LogP contribution in [0.25, 0.3) is 0 Å². The van der Waals surface area contributed by atoms with Crippen LogP contribution < -0.4 is 26.6 Å². The topological polar surface area (TPSA) is 215 Å². The molecule has 0 aromatic heterocycles. The van der Waals surface area contributed by atoms with Crippen LogP contribution in [0.5, 0.6) is 5.75 Å². The summed E-state index contributed by atoms with van der Waals surface area (Å²) in [5.74, 6) is -1.10. The van der Waals surface area contributed by atoms with Gasteiger partial charge in [-0.2, -0.15) is 4.99 Å². The van der Waals surface area contributed by atoms with E-state index in [2.05, 4.69) is 19.4 Å². The van der Waals surface area contributed by atoms with E-state index in [0.717, 1.165) is 24.5 Å². The molecule has 29 heavy (non-hydrogen) atoms. The minimum atomic E-state index is -4.11. The monoisotopic (exact) mass is 441 g/mol. The van der Waals surface area contributed by atoms with Gasteiger partial charge in [0.15, 0.2) is 5.96 Å². The molecule has 0 saturated heterocycles. The summed E-state index contributed by atoms with van der Waals surface area (Å²) < 4.78 is 52.5. The number of rotatable bonds is 6. The molecule has 0 aliphatic heterocycles. The highest BCUT2D eigenvalue weighted by atomic mass is 32.2. The van der Waals surface area contributed by atoms with Crippen molar-refractivity contribution in [3.05, 3.63) is 42.5 Å². The number of aromatic hydroxyl groups is 1. The van der Waals surface area contributed by atoms with E-state index in [4.69, 9.17) is 17.2 Å². The molecule has 2 aromatic carbocycles. The molecule has 0 bridgehead atoms. The Balaban J connectivity index is 2.36. The quantitative estimate of drug-likeness (QED) is 0.259. The summed E-state index contributed by atoms with van der Waals surface area (Å²) in [6, 6.07) is 8.97. The van der Waals surface area contributed by atoms with Crippen molar-refractivity contribution in [3.8, 4) is 5.75 Å². The number of sulfonamides is 2. The highest BCUT2D eigenvalue weighted by Gasteiger charge is 2.17. The Labute approximate surface area is 167 Å². The average Bonchev–Trinajstić information content (AvgIpc) is 2.54. The number of guanidine groups is 2. The van der Waals surface area contributed by atoms with Gasteiger partial charge in [0, 0.05) is 0 Å². The average molecular weight is 441 g/mol. The second-order valence-electron chi connectivity index (χ2n) is 5.72. The highest BCUT2D eigenvalue weighted by Crippen LogP contribution is 2.30. The van der Waals surface area contributed by atoms with Gasteiger partial charge < -0.3 is 22.3 Å². The second kappa shape index (κ2) is 8.24. The van der Waals surface area contributed by atoms with Crippen LogP contribution in [-0.2, 0) is 20.0 Å². The van der Waals surface area contributed by atoms with Gasteiger partial charge in [-0.1, -0.05) is 6.07 Å². The molecule has 2 rings (SSSR count). The predicted molar refractivity (Wildman–Crippen MR) is 111 cm³/mol. The molecule has 0 saturated carbocycles. The van der Waals surface area contributed by atoms with Crippen molar-refractivity contribution in [2.24, 2.45) is 27.2 Å². The Kier molecular flexibility index (Phi) is 6.18. The molecular formula is C15H19N7O5S2. The van der Waals surface area contributed by atoms with E-state index in [1.54, 1.807) is 0 Å². The summed E-state index contributed by atoms with van der Waals surface area (Å²) in [5.41, 5.74) is 16.0. The van der Waals surface area contributed by atoms with E-state index >= 15 is 0 Å². The largest absolute Gasteiger partial charge is 0.506 e. The zero-order chi connectivity index (χ0) is 21.8. The third-order valence-corrected chi connectivity index (χ3v) is 5.14. The van der Waals surface area contributed by atoms with Gasteiger partial charge in [-0.15, -0.1) is 0 Å². The molecule has 0 fully saturated rings. The molecule has 0 aliphatic carbocycles. The molecule has 0 atom stereocenters. The fourth-order valence-electron chi connectivity index (χ4n) is 2.11. The Bertz CT molecular complexity index is 1190. The minimum Gasteiger partial charge on any atom is -0.506 e. The SMILES string of the molecule is CS(=O)(=O)Nc1cccc(NS(=O)(=O)c2ccc(O)c(N=C(N)N=C(N)N)c2)c1. The summed E-state index contributed by atoms with van der Waals surface area (Å²) in [5, 5.41) is 9.86. The van der Waals surface area contributed by atoms with Gasteiger partial charge in [-0.05, 0) is 36.4 Å². The number of nitrogens with zero attached hydrogens (tertiary/aromatic N) is 2. The lowest BCUT2D eigenvalue weighted by molar-refractivity contribution is 0.476. The summed E-state index contributed by atoms with van der Waals surface area (Å²) in [7, 11) is -7.64. The number of nitrogens with one attached hydrogen (secondary N) is 2. The molecule has 0 heterocycles. The van der Waals surface area contributed by atoms with Crippen LogP contribution in [0.15, 0.2) is 57.3 Å². The van der Waals surface area contributed by atoms with Gasteiger partial charge in [0.25, 0.3) is 10.0 Å². The first-order valence-electron chi connectivity index (χ1n) is 7.73. The normalized spacial score (nSPS) is 12.2. The van der Waals surface area contributed by atoms with Crippen LogP contribution in [0, 0.1) is 0 Å². The first kappa shape index (κ1) is 21.8. The molecule has 0 unspecified atom stereocenters. The molecular weight excluding hydrogens is 422 g/mol. The molecule has 14 heteroatoms. The maximum atomic E-state index is 12.6. The summed E-state index contributed by atoms with van der Waals surface area (Å²) >= 11 is 0. The van der Waals surface area contributed by atoms with E-state index in [1.807, 2.05) is 0 Å². The van der Waals surface area contributed by atoms with Crippen molar-refractivity contribution >= 4 is 49.0 Å². The van der Waals surface area contributed by atoms with Crippen LogP contribution in [-0.4, -0.2) is 40.1 Å². The predicted octanol–water partition coefficient (Wildman–Crippen LogP) is -0.216. The van der Waals surface area contributed by atoms with Crippen molar-refractivity contribution in [2.45, 2.75) is 4.90 Å². The molecule has 0 amide bonds. The van der Waals surface area contributed by atoms with Crippen LogP contribution >= 0.6 is 0 Å². The standard InChI is InChI=1S/C15H19N7O5S2/c1-28(24,25)21-9-3-2-4-10(7-9)22-29(26,27)11-5-6-13(23)12(8-11)19-15(18)20-14(16)17/h2-8,21-23H,1H3,(H6,16,17,18,19,20). The third kappa shape index (κ3) is 6.54. The van der Waals surface area contributed by atoms with Crippen molar-refractivity contribution < 1.29 is 21.9 Å². The Morgan fingerprint density at radius 2 is 1.59 bits per heavy atom. The van der Waals surface area contributed by atoms with Gasteiger partial charge in [-0.3, -0.25) is 9.44 Å².